The van der Waals surface area contributed by atoms with Crippen LogP contribution in [0.15, 0.2) is 78.9 Å². The fraction of sp³-hybridized carbons (Fsp3) is 0.255. The van der Waals surface area contributed by atoms with Gasteiger partial charge < -0.3 is 19.4 Å². The Morgan fingerprint density at radius 1 is 0.839 bits per heavy atom. The molecule has 8 bridgehead atoms. The molecule has 310 valence electrons. The van der Waals surface area contributed by atoms with Crippen molar-refractivity contribution in [3.05, 3.63) is 135 Å². The van der Waals surface area contributed by atoms with Crippen LogP contribution in [0.25, 0.3) is 71.3 Å². The molecule has 10 rings (SSSR count). The summed E-state index contributed by atoms with van der Waals surface area (Å²) >= 11 is 0. The monoisotopic (exact) mass is 826 g/mol. The molecule has 0 unspecified atom stereocenters. The van der Waals surface area contributed by atoms with Crippen LogP contribution in [0.5, 0.6) is 0 Å². The Labute approximate surface area is 357 Å². The first-order valence-electron chi connectivity index (χ1n) is 21.3. The Kier molecular flexibility index (Phi) is 9.61. The summed E-state index contributed by atoms with van der Waals surface area (Å²) in [6.45, 7) is 10.3. The van der Waals surface area contributed by atoms with Gasteiger partial charge in [0.05, 0.1) is 29.6 Å². The maximum atomic E-state index is 14.9. The van der Waals surface area contributed by atoms with E-state index in [4.69, 9.17) is 19.4 Å². The van der Waals surface area contributed by atoms with Crippen LogP contribution in [0.2, 0.25) is 0 Å². The van der Waals surface area contributed by atoms with E-state index in [1.54, 1.807) is 6.07 Å². The van der Waals surface area contributed by atoms with E-state index >= 15 is 0 Å². The molecule has 11 heteroatoms. The van der Waals surface area contributed by atoms with Crippen LogP contribution in [0.4, 0.5) is 8.63 Å². The molecule has 1 aliphatic carbocycles. The number of carbonyl (C=O) groups excluding carboxylic acids is 2. The van der Waals surface area contributed by atoms with Crippen molar-refractivity contribution in [3.63, 3.8) is 0 Å². The number of benzene rings is 4. The lowest BCUT2D eigenvalue weighted by Gasteiger charge is -2.16. The van der Waals surface area contributed by atoms with Crippen LogP contribution in [-0.4, -0.2) is 46.3 Å². The number of halogens is 2. The Morgan fingerprint density at radius 3 is 2.27 bits per heavy atom. The second-order valence-corrected chi connectivity index (χ2v) is 16.9. The zero-order valence-electron chi connectivity index (χ0n) is 35.6. The van der Waals surface area contributed by atoms with Crippen molar-refractivity contribution >= 4 is 90.5 Å². The first-order valence-corrected chi connectivity index (χ1v) is 21.3. The molecule has 2 aliphatic heterocycles. The predicted octanol–water partition coefficient (Wildman–Crippen LogP) is 12.3. The van der Waals surface area contributed by atoms with Gasteiger partial charge in [-0.2, -0.15) is 0 Å². The number of ketones is 1. The number of carbonyl (C=O) groups is 2. The summed E-state index contributed by atoms with van der Waals surface area (Å²) < 4.78 is 39.1. The Balaban J connectivity index is 1.22. The maximum Gasteiger partial charge on any atom is 0.796 e. The van der Waals surface area contributed by atoms with E-state index in [1.807, 2.05) is 68.4 Å². The molecule has 62 heavy (non-hydrogen) atoms. The number of rotatable bonds is 9. The summed E-state index contributed by atoms with van der Waals surface area (Å²) in [5, 5.41) is 5.68. The minimum atomic E-state index is -3.18. The Hall–Kier alpha value is -6.62. The molecule has 0 fully saturated rings. The van der Waals surface area contributed by atoms with E-state index in [9.17, 15) is 18.2 Å². The number of methoxy groups -OCH3 is 1. The molecule has 2 atom stereocenters. The van der Waals surface area contributed by atoms with Gasteiger partial charge in [-0.25, -0.2) is 13.6 Å². The number of aryl methyl sites for hydroxylation is 4. The summed E-state index contributed by atoms with van der Waals surface area (Å²) in [5.41, 5.74) is 13.6. The molecule has 4 aromatic carbocycles. The first-order chi connectivity index (χ1) is 29.9. The van der Waals surface area contributed by atoms with Gasteiger partial charge in [-0.3, -0.25) is 14.6 Å². The lowest BCUT2D eigenvalue weighted by molar-refractivity contribution is -0.140. The fourth-order valence-electron chi connectivity index (χ4n) is 10.4. The second kappa shape index (κ2) is 15.1. The Bertz CT molecular complexity index is 3270. The molecule has 7 aromatic rings. The number of H-pyrrole nitrogens is 2. The number of aromatic nitrogens is 4. The molecule has 0 radical (unpaired) electrons. The lowest BCUT2D eigenvalue weighted by Crippen LogP contribution is -2.08. The summed E-state index contributed by atoms with van der Waals surface area (Å²) in [6, 6.07) is 23.7. The van der Waals surface area contributed by atoms with Crippen LogP contribution in [-0.2, 0) is 27.0 Å². The van der Waals surface area contributed by atoms with Gasteiger partial charge in [0.25, 0.3) is 0 Å². The molecule has 0 spiro atoms. The molecule has 5 heterocycles. The second-order valence-electron chi connectivity index (χ2n) is 16.9. The van der Waals surface area contributed by atoms with Gasteiger partial charge in [-0.05, 0) is 130 Å². The SMILES string of the molecule is CCC1=C(C)c2cc3[nH]c(cc4nc(c5c6[nH]c(cc1n2)c(C)c6CC5)[C@@H](CCC(=O)OC)[C@@H]4C)c(C)c3C(=O)/C=C(\OB(F)F)c1ccc2ccc3cccc4ccc1c2c34. The minimum absolute atomic E-state index is 0.0501. The number of aromatic amines is 2. The topological polar surface area (TPSA) is 110 Å². The van der Waals surface area contributed by atoms with Crippen molar-refractivity contribution < 1.29 is 27.6 Å². The van der Waals surface area contributed by atoms with Gasteiger partial charge in [0.1, 0.15) is 5.76 Å². The first kappa shape index (κ1) is 39.5. The summed E-state index contributed by atoms with van der Waals surface area (Å²) in [7, 11) is -1.77. The number of allylic oxidation sites excluding steroid dienone is 3. The van der Waals surface area contributed by atoms with E-state index < -0.39 is 13.3 Å². The minimum Gasteiger partial charge on any atom is -0.505 e. The molecular weight excluding hydrogens is 781 g/mol. The summed E-state index contributed by atoms with van der Waals surface area (Å²) in [5.74, 6) is -1.10. The normalized spacial score (nSPS) is 16.3. The number of hydrogen-bond acceptors (Lipinski definition) is 6. The van der Waals surface area contributed by atoms with Gasteiger partial charge >= 0.3 is 13.4 Å². The Morgan fingerprint density at radius 2 is 1.53 bits per heavy atom. The molecular formula is C51H45BF2N4O4. The highest BCUT2D eigenvalue weighted by Gasteiger charge is 2.34. The molecule has 2 N–H and O–H groups in total. The van der Waals surface area contributed by atoms with E-state index in [1.165, 1.54) is 24.3 Å². The molecule has 3 aliphatic rings. The van der Waals surface area contributed by atoms with E-state index in [-0.39, 0.29) is 30.0 Å². The zero-order chi connectivity index (χ0) is 43.1. The summed E-state index contributed by atoms with van der Waals surface area (Å²) in [6.07, 6.45) is 4.47. The predicted molar refractivity (Wildman–Crippen MR) is 245 cm³/mol. The van der Waals surface area contributed by atoms with E-state index in [2.05, 4.69) is 42.9 Å². The highest BCUT2D eigenvalue weighted by Crippen LogP contribution is 2.45. The maximum absolute atomic E-state index is 14.9. The van der Waals surface area contributed by atoms with Crippen molar-refractivity contribution in [3.8, 4) is 0 Å². The number of nitrogens with one attached hydrogen (secondary N) is 2. The van der Waals surface area contributed by atoms with Gasteiger partial charge in [-0.1, -0.05) is 68.4 Å². The van der Waals surface area contributed by atoms with Crippen molar-refractivity contribution in [2.24, 2.45) is 0 Å². The van der Waals surface area contributed by atoms with Crippen LogP contribution in [0.3, 0.4) is 0 Å². The number of esters is 1. The molecule has 0 saturated carbocycles. The van der Waals surface area contributed by atoms with Crippen molar-refractivity contribution in [2.45, 2.75) is 78.6 Å². The highest BCUT2D eigenvalue weighted by atomic mass is 19.2. The van der Waals surface area contributed by atoms with Crippen LogP contribution < -0.4 is 0 Å². The van der Waals surface area contributed by atoms with Crippen LogP contribution >= 0.6 is 0 Å². The largest absolute Gasteiger partial charge is 0.796 e. The standard InChI is InChI=1S/C51H45BF2N4O4/c1-7-32-25(2)38-23-43-47(44(59)24-45(62-52(53)54)35-15-13-31-12-11-29-9-8-10-30-14-16-36(35)49(31)48(29)30)28(5)41(56-43)21-39-27(4)34(19-20-46(60)61-6)51(57-39)37-18-17-33-26(3)40(58-50(33)37)22-42(32)55-38/h8-16,21-24,27,34,56,58H,7,17-20H2,1-6H3/b38-23?,39-21?,40-22?,41-21?,42-22?,43-23?,45-24-,51-37?/t27-,34-/m0/s1. The fourth-order valence-corrected chi connectivity index (χ4v) is 10.4. The number of fused-ring (bicyclic) bond motifs is 8. The number of hydrogen-bond donors (Lipinski definition) is 2. The quantitative estimate of drug-likeness (QED) is 0.0374. The van der Waals surface area contributed by atoms with Crippen molar-refractivity contribution in [2.75, 3.05) is 7.11 Å². The highest BCUT2D eigenvalue weighted by molar-refractivity contribution is 6.36. The smallest absolute Gasteiger partial charge is 0.505 e. The molecule has 3 aromatic heterocycles. The third-order valence-electron chi connectivity index (χ3n) is 13.6. The van der Waals surface area contributed by atoms with E-state index in [0.717, 1.165) is 91.0 Å². The van der Waals surface area contributed by atoms with Gasteiger partial charge in [0, 0.05) is 57.8 Å². The van der Waals surface area contributed by atoms with Crippen LogP contribution in [0, 0.1) is 13.8 Å². The zero-order valence-corrected chi connectivity index (χ0v) is 35.6. The average molecular weight is 827 g/mol. The van der Waals surface area contributed by atoms with Gasteiger partial charge in [-0.15, -0.1) is 0 Å². The number of nitrogens with zero attached hydrogens (tertiary/aromatic N) is 2. The van der Waals surface area contributed by atoms with Gasteiger partial charge in [0.2, 0.25) is 0 Å². The van der Waals surface area contributed by atoms with E-state index in [0.29, 0.717) is 45.2 Å². The van der Waals surface area contributed by atoms with Crippen LogP contribution in [0.1, 0.15) is 113 Å². The van der Waals surface area contributed by atoms with Crippen molar-refractivity contribution in [1.82, 2.24) is 19.9 Å². The molecule has 0 amide bonds. The van der Waals surface area contributed by atoms with Crippen molar-refractivity contribution in [1.29, 1.82) is 0 Å². The lowest BCUT2D eigenvalue weighted by atomic mass is 9.85. The summed E-state index contributed by atoms with van der Waals surface area (Å²) in [4.78, 5) is 45.2. The number of ether oxygens (including phenoxy) is 1. The third kappa shape index (κ3) is 6.31. The molecule has 8 nitrogen and oxygen atoms in total. The molecule has 0 saturated heterocycles. The van der Waals surface area contributed by atoms with Gasteiger partial charge in [0.15, 0.2) is 5.78 Å². The third-order valence-corrected chi connectivity index (χ3v) is 13.6. The average Bonchev–Trinajstić information content (AvgIpc) is 4.04.